The quantitative estimate of drug-likeness (QED) is 0.848. The minimum Gasteiger partial charge on any atom is -0.481 e. The van der Waals surface area contributed by atoms with Crippen LogP contribution in [0.25, 0.3) is 0 Å². The molecule has 1 aromatic carbocycles. The number of ether oxygens (including phenoxy) is 1. The number of alkyl halides is 3. The van der Waals surface area contributed by atoms with Gasteiger partial charge in [0.25, 0.3) is 5.91 Å². The summed E-state index contributed by atoms with van der Waals surface area (Å²) in [6.45, 7) is -0.153. The normalized spacial score (nSPS) is 12.9. The molecule has 1 aromatic rings. The zero-order valence-electron chi connectivity index (χ0n) is 9.42. The van der Waals surface area contributed by atoms with Gasteiger partial charge in [-0.05, 0) is 19.1 Å². The average molecular weight is 265 g/mol. The lowest BCUT2D eigenvalue weighted by Crippen LogP contribution is -2.41. The second-order valence-electron chi connectivity index (χ2n) is 3.55. The fraction of sp³-hybridized carbons (Fsp3) is 0.364. The van der Waals surface area contributed by atoms with Crippen molar-refractivity contribution in [3.05, 3.63) is 30.1 Å². The fourth-order valence-corrected chi connectivity index (χ4v) is 1.13. The van der Waals surface area contributed by atoms with Gasteiger partial charge in [0.2, 0.25) is 0 Å². The van der Waals surface area contributed by atoms with Crippen LogP contribution < -0.4 is 10.1 Å². The van der Waals surface area contributed by atoms with Gasteiger partial charge in [-0.25, -0.2) is 4.39 Å². The minimum absolute atomic E-state index is 0.0738. The van der Waals surface area contributed by atoms with Gasteiger partial charge in [0.15, 0.2) is 6.10 Å². The Balaban J connectivity index is 2.50. The first-order valence-corrected chi connectivity index (χ1v) is 5.04. The third kappa shape index (κ3) is 5.03. The Morgan fingerprint density at radius 2 is 2.11 bits per heavy atom. The maximum Gasteiger partial charge on any atom is 0.405 e. The van der Waals surface area contributed by atoms with E-state index in [9.17, 15) is 22.4 Å². The maximum absolute atomic E-state index is 12.8. The molecule has 0 aliphatic carbocycles. The van der Waals surface area contributed by atoms with Crippen LogP contribution in [0.2, 0.25) is 0 Å². The highest BCUT2D eigenvalue weighted by Gasteiger charge is 2.29. The van der Waals surface area contributed by atoms with Crippen molar-refractivity contribution in [3.63, 3.8) is 0 Å². The lowest BCUT2D eigenvalue weighted by Gasteiger charge is -2.15. The number of benzene rings is 1. The molecule has 1 N–H and O–H groups in total. The van der Waals surface area contributed by atoms with Gasteiger partial charge in [-0.1, -0.05) is 6.07 Å². The van der Waals surface area contributed by atoms with Crippen molar-refractivity contribution in [2.75, 3.05) is 6.54 Å². The molecule has 7 heteroatoms. The molecule has 1 unspecified atom stereocenters. The molecule has 0 saturated heterocycles. The van der Waals surface area contributed by atoms with E-state index in [4.69, 9.17) is 4.74 Å². The Kier molecular flexibility index (Phi) is 4.52. The third-order valence-electron chi connectivity index (χ3n) is 1.94. The van der Waals surface area contributed by atoms with Crippen molar-refractivity contribution in [2.45, 2.75) is 19.2 Å². The molecule has 1 rings (SSSR count). The molecule has 0 saturated carbocycles. The number of carbonyl (C=O) groups is 1. The van der Waals surface area contributed by atoms with Crippen molar-refractivity contribution in [1.29, 1.82) is 0 Å². The van der Waals surface area contributed by atoms with E-state index < -0.39 is 30.5 Å². The van der Waals surface area contributed by atoms with Crippen LogP contribution in [-0.2, 0) is 4.79 Å². The lowest BCUT2D eigenvalue weighted by atomic mass is 10.3. The second kappa shape index (κ2) is 5.70. The van der Waals surface area contributed by atoms with Gasteiger partial charge in [-0.3, -0.25) is 4.79 Å². The van der Waals surface area contributed by atoms with E-state index in [0.29, 0.717) is 0 Å². The molecule has 1 amide bonds. The van der Waals surface area contributed by atoms with E-state index >= 15 is 0 Å². The molecule has 0 fully saturated rings. The summed E-state index contributed by atoms with van der Waals surface area (Å²) in [5.41, 5.74) is 0. The van der Waals surface area contributed by atoms with Crippen molar-refractivity contribution >= 4 is 5.91 Å². The standard InChI is InChI=1S/C11H11F4NO2/c1-7(10(17)16-6-11(13,14)15)18-9-4-2-3-8(12)5-9/h2-5,7H,6H2,1H3,(H,16,17). The summed E-state index contributed by atoms with van der Waals surface area (Å²) < 4.78 is 53.4. The van der Waals surface area contributed by atoms with Gasteiger partial charge < -0.3 is 10.1 Å². The predicted molar refractivity (Wildman–Crippen MR) is 55.6 cm³/mol. The first-order valence-electron chi connectivity index (χ1n) is 5.04. The SMILES string of the molecule is CC(Oc1cccc(F)c1)C(=O)NCC(F)(F)F. The fourth-order valence-electron chi connectivity index (χ4n) is 1.13. The lowest BCUT2D eigenvalue weighted by molar-refractivity contribution is -0.142. The Labute approximate surface area is 101 Å². The highest BCUT2D eigenvalue weighted by Crippen LogP contribution is 2.15. The van der Waals surface area contributed by atoms with Crippen molar-refractivity contribution in [1.82, 2.24) is 5.32 Å². The Morgan fingerprint density at radius 3 is 2.67 bits per heavy atom. The number of halogens is 4. The van der Waals surface area contributed by atoms with Crippen LogP contribution in [0.3, 0.4) is 0 Å². The largest absolute Gasteiger partial charge is 0.481 e. The Hall–Kier alpha value is -1.79. The molecule has 18 heavy (non-hydrogen) atoms. The van der Waals surface area contributed by atoms with E-state index in [1.807, 2.05) is 0 Å². The number of hydrogen-bond donors (Lipinski definition) is 1. The van der Waals surface area contributed by atoms with Gasteiger partial charge in [-0.2, -0.15) is 13.2 Å². The summed E-state index contributed by atoms with van der Waals surface area (Å²) in [5, 5.41) is 1.67. The molecule has 0 radical (unpaired) electrons. The van der Waals surface area contributed by atoms with Crippen LogP contribution in [0, 0.1) is 5.82 Å². The van der Waals surface area contributed by atoms with Crippen LogP contribution >= 0.6 is 0 Å². The summed E-state index contributed by atoms with van der Waals surface area (Å²) in [4.78, 5) is 11.2. The Bertz CT molecular complexity index is 420. The van der Waals surface area contributed by atoms with Gasteiger partial charge in [0.1, 0.15) is 18.1 Å². The van der Waals surface area contributed by atoms with E-state index in [-0.39, 0.29) is 5.75 Å². The van der Waals surface area contributed by atoms with Crippen LogP contribution in [-0.4, -0.2) is 24.7 Å². The number of rotatable bonds is 4. The summed E-state index contributed by atoms with van der Waals surface area (Å²) in [7, 11) is 0. The van der Waals surface area contributed by atoms with Crippen LogP contribution in [0.1, 0.15) is 6.92 Å². The summed E-state index contributed by atoms with van der Waals surface area (Å²) in [5.74, 6) is -1.41. The van der Waals surface area contributed by atoms with E-state index in [1.54, 1.807) is 5.32 Å². The summed E-state index contributed by atoms with van der Waals surface area (Å²) in [6, 6.07) is 4.98. The van der Waals surface area contributed by atoms with Crippen molar-refractivity contribution in [3.8, 4) is 5.75 Å². The first-order chi connectivity index (χ1) is 8.28. The van der Waals surface area contributed by atoms with E-state index in [0.717, 1.165) is 6.07 Å². The molecular weight excluding hydrogens is 254 g/mol. The number of amides is 1. The molecule has 0 aliphatic rings. The van der Waals surface area contributed by atoms with Crippen LogP contribution in [0.4, 0.5) is 17.6 Å². The highest BCUT2D eigenvalue weighted by atomic mass is 19.4. The van der Waals surface area contributed by atoms with Gasteiger partial charge in [0, 0.05) is 6.07 Å². The van der Waals surface area contributed by atoms with E-state index in [2.05, 4.69) is 0 Å². The van der Waals surface area contributed by atoms with Gasteiger partial charge >= 0.3 is 6.18 Å². The van der Waals surface area contributed by atoms with Crippen LogP contribution in [0.15, 0.2) is 24.3 Å². The third-order valence-corrected chi connectivity index (χ3v) is 1.94. The smallest absolute Gasteiger partial charge is 0.405 e. The van der Waals surface area contributed by atoms with Gasteiger partial charge in [-0.15, -0.1) is 0 Å². The molecular formula is C11H11F4NO2. The summed E-state index contributed by atoms with van der Waals surface area (Å²) in [6.07, 6.45) is -5.62. The number of hydrogen-bond acceptors (Lipinski definition) is 2. The van der Waals surface area contributed by atoms with Crippen molar-refractivity contribution < 1.29 is 27.1 Å². The van der Waals surface area contributed by atoms with Crippen molar-refractivity contribution in [2.24, 2.45) is 0 Å². The molecule has 0 aliphatic heterocycles. The zero-order valence-corrected chi connectivity index (χ0v) is 9.42. The summed E-state index contributed by atoms with van der Waals surface area (Å²) >= 11 is 0. The molecule has 0 bridgehead atoms. The van der Waals surface area contributed by atoms with Crippen LogP contribution in [0.5, 0.6) is 5.75 Å². The molecule has 1 atom stereocenters. The topological polar surface area (TPSA) is 38.3 Å². The molecule has 0 heterocycles. The molecule has 0 aromatic heterocycles. The Morgan fingerprint density at radius 1 is 1.44 bits per heavy atom. The van der Waals surface area contributed by atoms with E-state index in [1.165, 1.54) is 25.1 Å². The average Bonchev–Trinajstić information content (AvgIpc) is 2.24. The second-order valence-corrected chi connectivity index (χ2v) is 3.55. The number of carbonyl (C=O) groups excluding carboxylic acids is 1. The predicted octanol–water partition coefficient (Wildman–Crippen LogP) is 2.27. The molecule has 0 spiro atoms. The first kappa shape index (κ1) is 14.3. The molecule has 3 nitrogen and oxygen atoms in total. The monoisotopic (exact) mass is 265 g/mol. The maximum atomic E-state index is 12.8. The van der Waals surface area contributed by atoms with Gasteiger partial charge in [0.05, 0.1) is 0 Å². The zero-order chi connectivity index (χ0) is 13.8. The highest BCUT2D eigenvalue weighted by molar-refractivity contribution is 5.80. The molecule has 100 valence electrons. The minimum atomic E-state index is -4.48. The number of nitrogens with one attached hydrogen (secondary N) is 1.